The van der Waals surface area contributed by atoms with E-state index in [1.54, 1.807) is 19.1 Å². The van der Waals surface area contributed by atoms with Gasteiger partial charge in [0.2, 0.25) is 15.9 Å². The molecule has 0 aliphatic carbocycles. The molecule has 1 amide bonds. The highest BCUT2D eigenvalue weighted by Crippen LogP contribution is 2.30. The van der Waals surface area contributed by atoms with E-state index in [-0.39, 0.29) is 35.3 Å². The first-order valence-corrected chi connectivity index (χ1v) is 13.3. The third-order valence-electron chi connectivity index (χ3n) is 6.42. The third-order valence-corrected chi connectivity index (χ3v) is 8.44. The molecule has 0 saturated carbocycles. The molecule has 9 heteroatoms. The van der Waals surface area contributed by atoms with E-state index in [9.17, 15) is 17.6 Å². The fraction of sp³-hybridized carbons (Fsp3) is 0.333. The van der Waals surface area contributed by atoms with Crippen molar-refractivity contribution in [2.75, 3.05) is 18.4 Å². The standard InChI is InChI=1S/C27H30FN3O4S/c1-17-13-18(2)24(19(3)14-17)10-11-25-26(20(4)30-35-25)36(33,34)31-12-6-7-21(16-31)27(32)29-23-9-5-8-22(28)15-23/h5,8-11,13-15,21H,6-7,12,16H2,1-4H3,(H,29,32). The Morgan fingerprint density at radius 3 is 2.56 bits per heavy atom. The molecule has 7 nitrogen and oxygen atoms in total. The summed E-state index contributed by atoms with van der Waals surface area (Å²) in [6.45, 7) is 7.94. The van der Waals surface area contributed by atoms with Crippen LogP contribution in [-0.2, 0) is 14.8 Å². The number of nitrogens with one attached hydrogen (secondary N) is 1. The van der Waals surface area contributed by atoms with E-state index in [1.165, 1.54) is 22.5 Å². The van der Waals surface area contributed by atoms with Crippen molar-refractivity contribution in [2.45, 2.75) is 45.4 Å². The quantitative estimate of drug-likeness (QED) is 0.488. The molecule has 3 aromatic rings. The van der Waals surface area contributed by atoms with Gasteiger partial charge in [-0.2, -0.15) is 4.31 Å². The van der Waals surface area contributed by atoms with Crippen LogP contribution in [0.3, 0.4) is 0 Å². The van der Waals surface area contributed by atoms with E-state index in [0.717, 1.165) is 22.3 Å². The first-order valence-electron chi connectivity index (χ1n) is 11.8. The molecule has 1 aliphatic rings. The van der Waals surface area contributed by atoms with Crippen LogP contribution in [-0.4, -0.2) is 36.9 Å². The minimum absolute atomic E-state index is 0.00681. The number of hydrogen-bond acceptors (Lipinski definition) is 5. The van der Waals surface area contributed by atoms with Gasteiger partial charge >= 0.3 is 0 Å². The summed E-state index contributed by atoms with van der Waals surface area (Å²) in [7, 11) is -3.97. The number of aryl methyl sites for hydroxylation is 4. The molecule has 0 radical (unpaired) electrons. The summed E-state index contributed by atoms with van der Waals surface area (Å²) in [6, 6.07) is 9.75. The van der Waals surface area contributed by atoms with Crippen LogP contribution >= 0.6 is 0 Å². The number of halogens is 1. The average Bonchev–Trinajstić information content (AvgIpc) is 3.19. The van der Waals surface area contributed by atoms with Gasteiger partial charge < -0.3 is 9.84 Å². The number of piperidine rings is 1. The van der Waals surface area contributed by atoms with Crippen molar-refractivity contribution in [1.29, 1.82) is 0 Å². The van der Waals surface area contributed by atoms with Crippen molar-refractivity contribution >= 4 is 33.8 Å². The van der Waals surface area contributed by atoms with Crippen LogP contribution in [0.2, 0.25) is 0 Å². The smallest absolute Gasteiger partial charge is 0.248 e. The van der Waals surface area contributed by atoms with Crippen LogP contribution in [0.25, 0.3) is 12.2 Å². The number of aromatic nitrogens is 1. The molecule has 0 spiro atoms. The summed E-state index contributed by atoms with van der Waals surface area (Å²) in [5, 5.41) is 6.61. The van der Waals surface area contributed by atoms with Crippen molar-refractivity contribution in [2.24, 2.45) is 5.92 Å². The van der Waals surface area contributed by atoms with Crippen LogP contribution in [0, 0.1) is 39.4 Å². The zero-order valence-corrected chi connectivity index (χ0v) is 21.7. The second kappa shape index (κ2) is 10.4. The lowest BCUT2D eigenvalue weighted by Gasteiger charge is -2.31. The highest BCUT2D eigenvalue weighted by atomic mass is 32.2. The Morgan fingerprint density at radius 2 is 1.86 bits per heavy atom. The second-order valence-corrected chi connectivity index (χ2v) is 11.2. The molecule has 1 saturated heterocycles. The zero-order valence-electron chi connectivity index (χ0n) is 20.8. The first-order chi connectivity index (χ1) is 17.1. The SMILES string of the molecule is Cc1cc(C)c(C=Cc2onc(C)c2S(=O)(=O)N2CCCC(C(=O)Nc3cccc(F)c3)C2)c(C)c1. The minimum atomic E-state index is -3.97. The zero-order chi connectivity index (χ0) is 26.0. The number of rotatable bonds is 6. The molecule has 2 aromatic carbocycles. The predicted molar refractivity (Wildman–Crippen MR) is 137 cm³/mol. The average molecular weight is 512 g/mol. The Kier molecular flexibility index (Phi) is 7.42. The van der Waals surface area contributed by atoms with Gasteiger partial charge in [0.1, 0.15) is 11.5 Å². The van der Waals surface area contributed by atoms with Crippen molar-refractivity contribution in [1.82, 2.24) is 9.46 Å². The molecule has 1 N–H and O–H groups in total. The number of carbonyl (C=O) groups is 1. The number of hydrogen-bond donors (Lipinski definition) is 1. The highest BCUT2D eigenvalue weighted by molar-refractivity contribution is 7.89. The number of anilines is 1. The van der Waals surface area contributed by atoms with Gasteiger partial charge in [0, 0.05) is 18.8 Å². The molecule has 1 aromatic heterocycles. The Bertz CT molecular complexity index is 1410. The predicted octanol–water partition coefficient (Wildman–Crippen LogP) is 5.26. The van der Waals surface area contributed by atoms with E-state index in [4.69, 9.17) is 4.52 Å². The summed E-state index contributed by atoms with van der Waals surface area (Å²) in [4.78, 5) is 12.8. The van der Waals surface area contributed by atoms with E-state index >= 15 is 0 Å². The van der Waals surface area contributed by atoms with Crippen LogP contribution in [0.15, 0.2) is 45.8 Å². The summed E-state index contributed by atoms with van der Waals surface area (Å²) in [6.07, 6.45) is 4.54. The maximum atomic E-state index is 13.7. The molecule has 1 fully saturated rings. The Hall–Kier alpha value is -3.30. The van der Waals surface area contributed by atoms with Crippen molar-refractivity contribution in [3.8, 4) is 0 Å². The molecular weight excluding hydrogens is 481 g/mol. The Morgan fingerprint density at radius 1 is 1.14 bits per heavy atom. The van der Waals surface area contributed by atoms with Gasteiger partial charge in [-0.1, -0.05) is 35.0 Å². The summed E-state index contributed by atoms with van der Waals surface area (Å²) in [5.74, 6) is -1.21. The summed E-state index contributed by atoms with van der Waals surface area (Å²) < 4.78 is 47.5. The fourth-order valence-corrected chi connectivity index (χ4v) is 6.50. The second-order valence-electron chi connectivity index (χ2n) is 9.31. The lowest BCUT2D eigenvalue weighted by atomic mass is 9.99. The maximum Gasteiger partial charge on any atom is 0.248 e. The Labute approximate surface area is 211 Å². The third kappa shape index (κ3) is 5.42. The van der Waals surface area contributed by atoms with E-state index in [1.807, 2.05) is 26.8 Å². The fourth-order valence-electron chi connectivity index (χ4n) is 4.73. The van der Waals surface area contributed by atoms with Crippen LogP contribution < -0.4 is 5.32 Å². The number of nitrogens with zero attached hydrogens (tertiary/aromatic N) is 2. The normalized spacial score (nSPS) is 17.0. The number of sulfonamides is 1. The van der Waals surface area contributed by atoms with Gasteiger partial charge in [0.05, 0.1) is 5.92 Å². The van der Waals surface area contributed by atoms with Gasteiger partial charge in [-0.15, -0.1) is 0 Å². The lowest BCUT2D eigenvalue weighted by molar-refractivity contribution is -0.120. The van der Waals surface area contributed by atoms with Crippen LogP contribution in [0.5, 0.6) is 0 Å². The van der Waals surface area contributed by atoms with Crippen molar-refractivity contribution in [3.63, 3.8) is 0 Å². The van der Waals surface area contributed by atoms with E-state index < -0.39 is 21.8 Å². The first kappa shape index (κ1) is 25.8. The minimum Gasteiger partial charge on any atom is -0.355 e. The lowest BCUT2D eigenvalue weighted by Crippen LogP contribution is -2.43. The maximum absolute atomic E-state index is 13.7. The largest absolute Gasteiger partial charge is 0.355 e. The molecule has 0 bridgehead atoms. The van der Waals surface area contributed by atoms with E-state index in [0.29, 0.717) is 18.5 Å². The molecule has 2 heterocycles. The molecule has 190 valence electrons. The van der Waals surface area contributed by atoms with Crippen molar-refractivity contribution in [3.05, 3.63) is 75.9 Å². The van der Waals surface area contributed by atoms with Gasteiger partial charge in [0.15, 0.2) is 10.7 Å². The topological polar surface area (TPSA) is 92.5 Å². The monoisotopic (exact) mass is 511 g/mol. The summed E-state index contributed by atoms with van der Waals surface area (Å²) >= 11 is 0. The molecule has 1 atom stereocenters. The molecule has 1 unspecified atom stereocenters. The van der Waals surface area contributed by atoms with E-state index in [2.05, 4.69) is 22.6 Å². The number of amides is 1. The van der Waals surface area contributed by atoms with Gasteiger partial charge in [-0.25, -0.2) is 12.8 Å². The van der Waals surface area contributed by atoms with Gasteiger partial charge in [0.25, 0.3) is 0 Å². The van der Waals surface area contributed by atoms with Crippen LogP contribution in [0.4, 0.5) is 10.1 Å². The Balaban J connectivity index is 1.56. The van der Waals surface area contributed by atoms with Crippen LogP contribution in [0.1, 0.15) is 46.5 Å². The molecule has 1 aliphatic heterocycles. The van der Waals surface area contributed by atoms with Crippen molar-refractivity contribution < 1.29 is 22.1 Å². The van der Waals surface area contributed by atoms with Gasteiger partial charge in [-0.05, 0) is 81.5 Å². The molecule has 4 rings (SSSR count). The molecule has 36 heavy (non-hydrogen) atoms. The molecular formula is C27H30FN3O4S. The van der Waals surface area contributed by atoms with Gasteiger partial charge in [-0.3, -0.25) is 4.79 Å². The number of carbonyl (C=O) groups excluding carboxylic acids is 1. The highest BCUT2D eigenvalue weighted by Gasteiger charge is 2.37. The number of benzene rings is 2. The summed E-state index contributed by atoms with van der Waals surface area (Å²) in [5.41, 5.74) is 4.90.